The first-order valence-corrected chi connectivity index (χ1v) is 39.1. The molecule has 0 saturated heterocycles. The quantitative estimate of drug-likeness (QED) is 0.0726. The van der Waals surface area contributed by atoms with Gasteiger partial charge in [0.1, 0.15) is 0 Å². The van der Waals surface area contributed by atoms with Crippen molar-refractivity contribution in [1.29, 1.82) is 0 Å². The maximum atomic E-state index is 2.73. The molecule has 0 saturated carbocycles. The van der Waals surface area contributed by atoms with Crippen LogP contribution >= 0.6 is 0 Å². The second-order valence-electron chi connectivity index (χ2n) is 31.4. The molecule has 0 amide bonds. The highest BCUT2D eigenvalue weighted by atomic mass is 15.2. The van der Waals surface area contributed by atoms with E-state index in [2.05, 4.69) is 429 Å². The lowest BCUT2D eigenvalue weighted by molar-refractivity contribution is 0.590. The predicted molar refractivity (Wildman–Crippen MR) is 478 cm³/mol. The maximum absolute atomic E-state index is 2.73. The molecule has 3 heterocycles. The van der Waals surface area contributed by atoms with Crippen LogP contribution in [0, 0.1) is 0 Å². The summed E-state index contributed by atoms with van der Waals surface area (Å²) in [6.07, 6.45) is 0. The van der Waals surface area contributed by atoms with Gasteiger partial charge < -0.3 is 14.4 Å². The van der Waals surface area contributed by atoms with Crippen molar-refractivity contribution < 1.29 is 0 Å². The van der Waals surface area contributed by atoms with Gasteiger partial charge in [-0.2, -0.15) is 0 Å². The van der Waals surface area contributed by atoms with Gasteiger partial charge in [-0.3, -0.25) is 0 Å². The molecule has 2 aliphatic heterocycles. The summed E-state index contributed by atoms with van der Waals surface area (Å²) in [5.74, 6) is 0. The lowest BCUT2D eigenvalue weighted by Gasteiger charge is -2.46. The summed E-state index contributed by atoms with van der Waals surface area (Å²) < 4.78 is 2.50. The summed E-state index contributed by atoms with van der Waals surface area (Å²) in [4.78, 5) is 5.44. The largest absolute Gasteiger partial charge is 0.310 e. The van der Waals surface area contributed by atoms with Crippen molar-refractivity contribution in [1.82, 2.24) is 4.57 Å². The fourth-order valence-electron chi connectivity index (χ4n) is 18.8. The van der Waals surface area contributed by atoms with Crippen molar-refractivity contribution in [3.8, 4) is 94.7 Å². The Kier molecular flexibility index (Phi) is 15.0. The standard InChI is InChI=1S/C108H74BN3/c1-108(2,3)83-54-51-71(52-55-83)82-66-101-105-102(67-82)112(107-92(74-37-18-8-19-38-74)62-81(70-31-12-5-13-32-70)63-93(107)75-39-20-9-21-40-75)100-68-84(110-97-49-24-22-44-85(97)86-45-23-25-50-98(86)110)56-58-96(100)109(105)95-57-53-77(79-59-78-43-28-47-88-87-46-26-41-76-42-27-48-89(103(76)87)94(64-79)104(78)88)65-99(95)111(101)106-90(72-33-14-6-15-34-72)60-80(69-29-10-4-11-30-69)61-91(106)73-35-16-7-17-36-73/h4-68H,1-3H3. The molecule has 22 rings (SSSR count). The third-order valence-corrected chi connectivity index (χ3v) is 24.0. The molecule has 0 bridgehead atoms. The number of nitrogens with zero attached hydrogens (tertiary/aromatic N) is 3. The molecule has 0 fully saturated rings. The van der Waals surface area contributed by atoms with Gasteiger partial charge in [-0.25, -0.2) is 0 Å². The lowest BCUT2D eigenvalue weighted by Crippen LogP contribution is -2.61. The number of para-hydroxylation sites is 2. The van der Waals surface area contributed by atoms with Crippen LogP contribution in [0.25, 0.3) is 160 Å². The van der Waals surface area contributed by atoms with E-state index >= 15 is 0 Å². The normalized spacial score (nSPS) is 12.5. The van der Waals surface area contributed by atoms with Crippen LogP contribution in [0.1, 0.15) is 26.3 Å². The summed E-state index contributed by atoms with van der Waals surface area (Å²) >= 11 is 0. The van der Waals surface area contributed by atoms with E-state index in [1.165, 1.54) is 75.8 Å². The molecule has 0 aliphatic carbocycles. The minimum atomic E-state index is -0.289. The number of fused-ring (bicyclic) bond motifs is 9. The zero-order valence-electron chi connectivity index (χ0n) is 62.4. The molecule has 524 valence electrons. The van der Waals surface area contributed by atoms with Crippen LogP contribution < -0.4 is 26.2 Å². The van der Waals surface area contributed by atoms with E-state index in [1.54, 1.807) is 0 Å². The molecular formula is C108H74BN3. The van der Waals surface area contributed by atoms with Crippen LogP contribution in [0.2, 0.25) is 0 Å². The second-order valence-corrected chi connectivity index (χ2v) is 31.4. The van der Waals surface area contributed by atoms with Gasteiger partial charge in [-0.15, -0.1) is 0 Å². The topological polar surface area (TPSA) is 11.4 Å². The number of rotatable bonds is 11. The van der Waals surface area contributed by atoms with Gasteiger partial charge >= 0.3 is 0 Å². The SMILES string of the molecule is CC(C)(C)c1ccc(-c2cc3c4c(c2)N(c2c(-c5ccccc5)cc(-c5ccccc5)cc2-c2ccccc2)c2cc(-n5c6ccccc6c6ccccc65)ccc2B4c2ccc(-c4cc5cccc6c7cccc8cccc(c(c4)c56)c87)cc2N3c2c(-c3ccccc3)cc(-c3ccccc3)cc2-c2ccccc2)cc1. The van der Waals surface area contributed by atoms with E-state index in [0.717, 1.165) is 140 Å². The summed E-state index contributed by atoms with van der Waals surface area (Å²) in [5, 5.41) is 12.6. The van der Waals surface area contributed by atoms with Gasteiger partial charge in [0, 0.05) is 61.5 Å². The highest BCUT2D eigenvalue weighted by molar-refractivity contribution is 7.00. The fraction of sp³-hybridized carbons (Fsp3) is 0.0370. The Balaban J connectivity index is 0.920. The van der Waals surface area contributed by atoms with E-state index in [4.69, 9.17) is 0 Å². The van der Waals surface area contributed by atoms with Gasteiger partial charge in [-0.1, -0.05) is 336 Å². The Bertz CT molecular complexity index is 6950. The average molecular weight is 1420 g/mol. The van der Waals surface area contributed by atoms with Crippen LogP contribution in [0.5, 0.6) is 0 Å². The average Bonchev–Trinajstić information content (AvgIpc) is 0.731. The van der Waals surface area contributed by atoms with E-state index in [-0.39, 0.29) is 12.1 Å². The van der Waals surface area contributed by atoms with Crippen molar-refractivity contribution in [2.24, 2.45) is 0 Å². The van der Waals surface area contributed by atoms with Crippen LogP contribution in [-0.4, -0.2) is 11.3 Å². The Morgan fingerprint density at radius 2 is 0.580 bits per heavy atom. The third kappa shape index (κ3) is 10.4. The molecule has 4 heteroatoms. The molecule has 0 unspecified atom stereocenters. The van der Waals surface area contributed by atoms with Crippen molar-refractivity contribution >= 4 is 122 Å². The van der Waals surface area contributed by atoms with Crippen LogP contribution in [-0.2, 0) is 5.41 Å². The zero-order chi connectivity index (χ0) is 74.3. The zero-order valence-corrected chi connectivity index (χ0v) is 62.4. The first kappa shape index (κ1) is 65.1. The summed E-state index contributed by atoms with van der Waals surface area (Å²) in [6, 6.07) is 149. The molecule has 3 nitrogen and oxygen atoms in total. The minimum Gasteiger partial charge on any atom is -0.310 e. The molecule has 0 N–H and O–H groups in total. The Hall–Kier alpha value is -14.1. The fourth-order valence-corrected chi connectivity index (χ4v) is 18.8. The number of hydrogen-bond acceptors (Lipinski definition) is 2. The number of hydrogen-bond donors (Lipinski definition) is 0. The van der Waals surface area contributed by atoms with Gasteiger partial charge in [0.2, 0.25) is 0 Å². The summed E-state index contributed by atoms with van der Waals surface area (Å²) in [5.41, 5.74) is 32.9. The molecule has 19 aromatic carbocycles. The van der Waals surface area contributed by atoms with E-state index in [9.17, 15) is 0 Å². The van der Waals surface area contributed by atoms with E-state index in [1.807, 2.05) is 0 Å². The molecule has 0 atom stereocenters. The van der Waals surface area contributed by atoms with E-state index < -0.39 is 0 Å². The van der Waals surface area contributed by atoms with Gasteiger partial charge in [0.25, 0.3) is 6.71 Å². The smallest absolute Gasteiger partial charge is 0.252 e. The molecule has 2 aliphatic rings. The summed E-state index contributed by atoms with van der Waals surface area (Å²) in [7, 11) is 0. The first-order chi connectivity index (χ1) is 55.2. The maximum Gasteiger partial charge on any atom is 0.252 e. The number of aromatic nitrogens is 1. The van der Waals surface area contributed by atoms with Gasteiger partial charge in [0.15, 0.2) is 0 Å². The number of benzene rings is 19. The number of anilines is 6. The highest BCUT2D eigenvalue weighted by Gasteiger charge is 2.46. The van der Waals surface area contributed by atoms with Crippen LogP contribution in [0.3, 0.4) is 0 Å². The van der Waals surface area contributed by atoms with E-state index in [0.29, 0.717) is 0 Å². The molecule has 20 aromatic rings. The van der Waals surface area contributed by atoms with Gasteiger partial charge in [-0.05, 0) is 216 Å². The second kappa shape index (κ2) is 25.8. The Morgan fingerprint density at radius 3 is 1.04 bits per heavy atom. The molecule has 0 radical (unpaired) electrons. The van der Waals surface area contributed by atoms with Crippen molar-refractivity contribution in [2.75, 3.05) is 9.80 Å². The summed E-state index contributed by atoms with van der Waals surface area (Å²) in [6.45, 7) is 6.66. The van der Waals surface area contributed by atoms with Crippen LogP contribution in [0.15, 0.2) is 394 Å². The molecule has 1 aromatic heterocycles. The third-order valence-electron chi connectivity index (χ3n) is 24.0. The van der Waals surface area contributed by atoms with Crippen molar-refractivity contribution in [2.45, 2.75) is 26.2 Å². The van der Waals surface area contributed by atoms with Crippen molar-refractivity contribution in [3.05, 3.63) is 400 Å². The Morgan fingerprint density at radius 1 is 0.232 bits per heavy atom. The molecule has 112 heavy (non-hydrogen) atoms. The monoisotopic (exact) mass is 1420 g/mol. The van der Waals surface area contributed by atoms with Crippen LogP contribution in [0.4, 0.5) is 34.1 Å². The minimum absolute atomic E-state index is 0.0789. The highest BCUT2D eigenvalue weighted by Crippen LogP contribution is 2.56. The molecular weight excluding hydrogens is 1350 g/mol. The predicted octanol–water partition coefficient (Wildman–Crippen LogP) is 27.6. The van der Waals surface area contributed by atoms with Crippen molar-refractivity contribution in [3.63, 3.8) is 0 Å². The lowest BCUT2D eigenvalue weighted by atomic mass is 9.33. The first-order valence-electron chi connectivity index (χ1n) is 39.1. The Labute approximate surface area is 652 Å². The molecule has 0 spiro atoms. The van der Waals surface area contributed by atoms with Gasteiger partial charge in [0.05, 0.1) is 22.4 Å².